The Bertz CT molecular complexity index is 828. The molecule has 0 aromatic heterocycles. The van der Waals surface area contributed by atoms with Gasteiger partial charge in [0, 0.05) is 15.7 Å². The summed E-state index contributed by atoms with van der Waals surface area (Å²) in [6.07, 6.45) is 0. The van der Waals surface area contributed by atoms with Crippen LogP contribution in [0.15, 0.2) is 65.1 Å². The number of anilines is 1. The van der Waals surface area contributed by atoms with Gasteiger partial charge < -0.3 is 10.4 Å². The monoisotopic (exact) mass is 355 g/mol. The maximum atomic E-state index is 12.3. The van der Waals surface area contributed by atoms with Crippen molar-refractivity contribution in [2.45, 2.75) is 6.61 Å². The number of rotatable bonds is 3. The third-order valence-electron chi connectivity index (χ3n) is 3.45. The summed E-state index contributed by atoms with van der Waals surface area (Å²) in [4.78, 5) is 12.3. The van der Waals surface area contributed by atoms with Gasteiger partial charge in [0.15, 0.2) is 0 Å². The molecule has 0 aliphatic carbocycles. The molecule has 3 aromatic rings. The Morgan fingerprint density at radius 3 is 2.36 bits per heavy atom. The summed E-state index contributed by atoms with van der Waals surface area (Å²) in [6, 6.07) is 18.7. The minimum Gasteiger partial charge on any atom is -0.392 e. The Morgan fingerprint density at radius 1 is 0.955 bits per heavy atom. The van der Waals surface area contributed by atoms with Crippen molar-refractivity contribution < 1.29 is 9.90 Å². The van der Waals surface area contributed by atoms with Crippen molar-refractivity contribution in [3.8, 4) is 0 Å². The smallest absolute Gasteiger partial charge is 0.255 e. The molecule has 0 saturated heterocycles. The highest BCUT2D eigenvalue weighted by molar-refractivity contribution is 9.10. The van der Waals surface area contributed by atoms with Gasteiger partial charge in [-0.05, 0) is 58.8 Å². The van der Waals surface area contributed by atoms with Crippen LogP contribution in [0.4, 0.5) is 5.69 Å². The van der Waals surface area contributed by atoms with E-state index in [0.29, 0.717) is 5.56 Å². The molecule has 4 heteroatoms. The van der Waals surface area contributed by atoms with Crippen molar-refractivity contribution in [3.63, 3.8) is 0 Å². The Kier molecular flexibility index (Phi) is 4.22. The normalized spacial score (nSPS) is 10.6. The van der Waals surface area contributed by atoms with Crippen LogP contribution in [0.5, 0.6) is 0 Å². The minimum absolute atomic E-state index is 0.0156. The zero-order valence-electron chi connectivity index (χ0n) is 11.7. The molecule has 0 saturated carbocycles. The Hall–Kier alpha value is -2.17. The van der Waals surface area contributed by atoms with Crippen molar-refractivity contribution in [2.24, 2.45) is 0 Å². The van der Waals surface area contributed by atoms with Crippen molar-refractivity contribution in [1.82, 2.24) is 0 Å². The van der Waals surface area contributed by atoms with Crippen molar-refractivity contribution >= 4 is 38.3 Å². The van der Waals surface area contributed by atoms with Gasteiger partial charge in [-0.15, -0.1) is 0 Å². The summed E-state index contributed by atoms with van der Waals surface area (Å²) in [5.41, 5.74) is 2.22. The van der Waals surface area contributed by atoms with Crippen LogP contribution in [-0.4, -0.2) is 11.0 Å². The lowest BCUT2D eigenvalue weighted by Gasteiger charge is -2.07. The number of carbonyl (C=O) groups is 1. The summed E-state index contributed by atoms with van der Waals surface area (Å²) in [5.74, 6) is -0.143. The first kappa shape index (κ1) is 14.8. The summed E-state index contributed by atoms with van der Waals surface area (Å²) >= 11 is 3.36. The molecule has 0 atom stereocenters. The maximum absolute atomic E-state index is 12.3. The van der Waals surface area contributed by atoms with Crippen LogP contribution in [-0.2, 0) is 6.61 Å². The van der Waals surface area contributed by atoms with E-state index in [1.807, 2.05) is 54.6 Å². The molecule has 2 N–H and O–H groups in total. The number of nitrogens with one attached hydrogen (secondary N) is 1. The second-order valence-corrected chi connectivity index (χ2v) is 5.93. The largest absolute Gasteiger partial charge is 0.392 e. The highest BCUT2D eigenvalue weighted by Crippen LogP contribution is 2.20. The van der Waals surface area contributed by atoms with Crippen LogP contribution in [0, 0.1) is 0 Å². The van der Waals surface area contributed by atoms with Gasteiger partial charge in [-0.3, -0.25) is 4.79 Å². The first-order chi connectivity index (χ1) is 10.7. The molecule has 1 amide bonds. The predicted molar refractivity (Wildman–Crippen MR) is 92.0 cm³/mol. The Labute approximate surface area is 136 Å². The molecule has 110 valence electrons. The quantitative estimate of drug-likeness (QED) is 0.733. The molecule has 0 bridgehead atoms. The number of hydrogen-bond donors (Lipinski definition) is 2. The number of amides is 1. The number of aliphatic hydroxyl groups excluding tert-OH is 1. The molecule has 3 nitrogen and oxygen atoms in total. The van der Waals surface area contributed by atoms with E-state index in [0.717, 1.165) is 26.5 Å². The molecule has 3 rings (SSSR count). The van der Waals surface area contributed by atoms with Crippen LogP contribution >= 0.6 is 15.9 Å². The van der Waals surface area contributed by atoms with E-state index in [2.05, 4.69) is 21.2 Å². The Balaban J connectivity index is 1.86. The van der Waals surface area contributed by atoms with Crippen LogP contribution in [0.25, 0.3) is 10.8 Å². The topological polar surface area (TPSA) is 49.3 Å². The maximum Gasteiger partial charge on any atom is 0.255 e. The third kappa shape index (κ3) is 3.18. The van der Waals surface area contributed by atoms with E-state index in [4.69, 9.17) is 5.11 Å². The van der Waals surface area contributed by atoms with Gasteiger partial charge >= 0.3 is 0 Å². The summed E-state index contributed by atoms with van der Waals surface area (Å²) in [6.45, 7) is 0.0156. The number of halogens is 1. The van der Waals surface area contributed by atoms with E-state index in [9.17, 15) is 4.79 Å². The molecular formula is C18H14BrNO2. The van der Waals surface area contributed by atoms with Gasteiger partial charge in [0.2, 0.25) is 0 Å². The lowest BCUT2D eigenvalue weighted by molar-refractivity contribution is 0.102. The molecule has 0 spiro atoms. The molecule has 0 aliphatic rings. The molecule has 0 unspecified atom stereocenters. The first-order valence-corrected chi connectivity index (χ1v) is 7.65. The zero-order valence-corrected chi connectivity index (χ0v) is 13.3. The van der Waals surface area contributed by atoms with E-state index in [1.54, 1.807) is 6.07 Å². The number of benzene rings is 3. The van der Waals surface area contributed by atoms with Crippen LogP contribution in [0.3, 0.4) is 0 Å². The van der Waals surface area contributed by atoms with Crippen molar-refractivity contribution in [1.29, 1.82) is 0 Å². The average Bonchev–Trinajstić information content (AvgIpc) is 2.56. The molecule has 0 radical (unpaired) electrons. The fraction of sp³-hybridized carbons (Fsp3) is 0.0556. The molecule has 3 aromatic carbocycles. The van der Waals surface area contributed by atoms with Crippen LogP contribution in [0.2, 0.25) is 0 Å². The standard InChI is InChI=1S/C18H14BrNO2/c19-16-5-7-17(8-6-16)20-18(22)15-4-3-13-9-12(11-21)1-2-14(13)10-15/h1-10,21H,11H2,(H,20,22). The first-order valence-electron chi connectivity index (χ1n) is 6.86. The van der Waals surface area contributed by atoms with E-state index >= 15 is 0 Å². The van der Waals surface area contributed by atoms with Gasteiger partial charge in [-0.1, -0.05) is 34.1 Å². The van der Waals surface area contributed by atoms with Gasteiger partial charge in [0.05, 0.1) is 6.61 Å². The molecule has 22 heavy (non-hydrogen) atoms. The van der Waals surface area contributed by atoms with E-state index < -0.39 is 0 Å². The number of aliphatic hydroxyl groups is 1. The molecule has 0 aliphatic heterocycles. The van der Waals surface area contributed by atoms with Gasteiger partial charge in [-0.25, -0.2) is 0 Å². The molecular weight excluding hydrogens is 342 g/mol. The second-order valence-electron chi connectivity index (χ2n) is 5.02. The predicted octanol–water partition coefficient (Wildman–Crippen LogP) is 4.35. The van der Waals surface area contributed by atoms with Gasteiger partial charge in [0.1, 0.15) is 0 Å². The zero-order chi connectivity index (χ0) is 15.5. The molecule has 0 heterocycles. The number of fused-ring (bicyclic) bond motifs is 1. The van der Waals surface area contributed by atoms with Crippen LogP contribution < -0.4 is 5.32 Å². The van der Waals surface area contributed by atoms with Gasteiger partial charge in [0.25, 0.3) is 5.91 Å². The summed E-state index contributed by atoms with van der Waals surface area (Å²) < 4.78 is 0.968. The second kappa shape index (κ2) is 6.30. The highest BCUT2D eigenvalue weighted by atomic mass is 79.9. The lowest BCUT2D eigenvalue weighted by Crippen LogP contribution is -2.11. The van der Waals surface area contributed by atoms with E-state index in [-0.39, 0.29) is 12.5 Å². The van der Waals surface area contributed by atoms with Crippen molar-refractivity contribution in [2.75, 3.05) is 5.32 Å². The molecule has 0 fully saturated rings. The van der Waals surface area contributed by atoms with Gasteiger partial charge in [-0.2, -0.15) is 0 Å². The Morgan fingerprint density at radius 2 is 1.64 bits per heavy atom. The fourth-order valence-corrected chi connectivity index (χ4v) is 2.54. The fourth-order valence-electron chi connectivity index (χ4n) is 2.27. The van der Waals surface area contributed by atoms with E-state index in [1.165, 1.54) is 0 Å². The summed E-state index contributed by atoms with van der Waals surface area (Å²) in [5, 5.41) is 14.0. The number of carbonyl (C=O) groups excluding carboxylic acids is 1. The highest BCUT2D eigenvalue weighted by Gasteiger charge is 2.07. The minimum atomic E-state index is -0.143. The third-order valence-corrected chi connectivity index (χ3v) is 3.98. The SMILES string of the molecule is O=C(Nc1ccc(Br)cc1)c1ccc2cc(CO)ccc2c1. The number of hydrogen-bond acceptors (Lipinski definition) is 2. The average molecular weight is 356 g/mol. The summed E-state index contributed by atoms with van der Waals surface area (Å²) in [7, 11) is 0. The lowest BCUT2D eigenvalue weighted by atomic mass is 10.0. The van der Waals surface area contributed by atoms with Crippen LogP contribution in [0.1, 0.15) is 15.9 Å². The van der Waals surface area contributed by atoms with Crippen molar-refractivity contribution in [3.05, 3.63) is 76.3 Å².